The fourth-order valence-corrected chi connectivity index (χ4v) is 6.94. The minimum atomic E-state index is 0. The van der Waals surface area contributed by atoms with Gasteiger partial charge in [-0.15, -0.1) is 24.8 Å². The van der Waals surface area contributed by atoms with Crippen LogP contribution in [0.3, 0.4) is 0 Å². The summed E-state index contributed by atoms with van der Waals surface area (Å²) in [5.74, 6) is 0.816. The summed E-state index contributed by atoms with van der Waals surface area (Å²) >= 11 is 24.4. The first-order chi connectivity index (χ1) is 19.4. The Morgan fingerprint density at radius 3 is 1.17 bits per heavy atom. The molecule has 4 aromatic carbocycles. The molecule has 42 heavy (non-hydrogen) atoms. The topological polar surface area (TPSA) is 24.1 Å². The van der Waals surface area contributed by atoms with Gasteiger partial charge in [-0.1, -0.05) is 107 Å². The Bertz CT molecular complexity index is 1370. The molecule has 0 aromatic heterocycles. The molecule has 2 aliphatic rings. The first-order valence-electron chi connectivity index (χ1n) is 13.8. The largest absolute Gasteiger partial charge is 0.313 e. The maximum atomic E-state index is 6.17. The Kier molecular flexibility index (Phi) is 13.4. The van der Waals surface area contributed by atoms with Gasteiger partial charge in [-0.25, -0.2) is 0 Å². The van der Waals surface area contributed by atoms with Crippen LogP contribution in [0, 0.1) is 0 Å². The highest BCUT2D eigenvalue weighted by atomic mass is 35.5. The second-order valence-electron chi connectivity index (χ2n) is 10.5. The Morgan fingerprint density at radius 1 is 0.476 bits per heavy atom. The number of fused-ring (bicyclic) bond motifs is 2. The van der Waals surface area contributed by atoms with E-state index in [4.69, 9.17) is 46.4 Å². The van der Waals surface area contributed by atoms with Crippen molar-refractivity contribution in [2.75, 3.05) is 14.1 Å². The minimum Gasteiger partial charge on any atom is -0.313 e. The molecular weight excluding hydrogens is 649 g/mol. The maximum Gasteiger partial charge on any atom is 0.0595 e. The van der Waals surface area contributed by atoms with Crippen LogP contribution in [0.4, 0.5) is 0 Å². The number of halogens is 6. The van der Waals surface area contributed by atoms with Crippen molar-refractivity contribution in [3.05, 3.63) is 138 Å². The molecule has 0 radical (unpaired) electrons. The summed E-state index contributed by atoms with van der Waals surface area (Å²) in [6.07, 6.45) is 4.53. The first-order valence-corrected chi connectivity index (χ1v) is 15.3. The van der Waals surface area contributed by atoms with Gasteiger partial charge in [0.25, 0.3) is 0 Å². The van der Waals surface area contributed by atoms with Crippen LogP contribution in [0.15, 0.2) is 84.9 Å². The van der Waals surface area contributed by atoms with Gasteiger partial charge in [0.05, 0.1) is 20.1 Å². The maximum absolute atomic E-state index is 6.17. The standard InChI is InChI=1S/2C17H17Cl2N.2ClH/c2*1-20-17-9-7-12(13-4-2-3-5-14(13)17)11-6-8-15(18)16(19)10-11;;/h2*2-6,8,10,12,17,20H,7,9H2,1H3;2*1H/t2*12-,17+;;/m10../s1. The molecule has 0 amide bonds. The third-order valence-electron chi connectivity index (χ3n) is 8.37. The average molecular weight is 685 g/mol. The lowest BCUT2D eigenvalue weighted by molar-refractivity contribution is 0.471. The fraction of sp³-hybridized carbons (Fsp3) is 0.294. The molecule has 8 heteroatoms. The van der Waals surface area contributed by atoms with Gasteiger partial charge in [0.1, 0.15) is 0 Å². The lowest BCUT2D eigenvalue weighted by Gasteiger charge is -2.32. The van der Waals surface area contributed by atoms with E-state index in [1.165, 1.54) is 33.4 Å². The molecule has 224 valence electrons. The molecule has 0 unspecified atom stereocenters. The zero-order chi connectivity index (χ0) is 28.2. The van der Waals surface area contributed by atoms with Gasteiger partial charge in [-0.2, -0.15) is 0 Å². The van der Waals surface area contributed by atoms with E-state index in [2.05, 4.69) is 71.3 Å². The number of hydrogen-bond donors (Lipinski definition) is 2. The van der Waals surface area contributed by atoms with Gasteiger partial charge >= 0.3 is 0 Å². The molecule has 2 aliphatic carbocycles. The molecule has 0 aliphatic heterocycles. The van der Waals surface area contributed by atoms with E-state index in [1.807, 2.05) is 38.4 Å². The van der Waals surface area contributed by atoms with Gasteiger partial charge in [0.2, 0.25) is 0 Å². The molecule has 4 atom stereocenters. The van der Waals surface area contributed by atoms with Gasteiger partial charge in [-0.3, -0.25) is 0 Å². The summed E-state index contributed by atoms with van der Waals surface area (Å²) in [5, 5.41) is 9.32. The van der Waals surface area contributed by atoms with Gasteiger partial charge in [0.15, 0.2) is 0 Å². The van der Waals surface area contributed by atoms with Crippen LogP contribution >= 0.6 is 71.2 Å². The highest BCUT2D eigenvalue weighted by Gasteiger charge is 2.28. The van der Waals surface area contributed by atoms with Crippen molar-refractivity contribution < 1.29 is 0 Å². The molecule has 2 nitrogen and oxygen atoms in total. The highest BCUT2D eigenvalue weighted by Crippen LogP contribution is 2.43. The smallest absolute Gasteiger partial charge is 0.0595 e. The van der Waals surface area contributed by atoms with E-state index in [0.717, 1.165) is 25.7 Å². The molecule has 0 heterocycles. The van der Waals surface area contributed by atoms with Crippen LogP contribution in [0.2, 0.25) is 20.1 Å². The second-order valence-corrected chi connectivity index (χ2v) is 12.2. The van der Waals surface area contributed by atoms with Crippen LogP contribution in [-0.2, 0) is 0 Å². The highest BCUT2D eigenvalue weighted by molar-refractivity contribution is 6.42. The third-order valence-corrected chi connectivity index (χ3v) is 9.85. The normalized spacial score (nSPS) is 20.5. The van der Waals surface area contributed by atoms with Gasteiger partial charge < -0.3 is 10.6 Å². The minimum absolute atomic E-state index is 0. The fourth-order valence-electron chi connectivity index (χ4n) is 6.33. The summed E-state index contributed by atoms with van der Waals surface area (Å²) in [6.45, 7) is 0. The average Bonchev–Trinajstić information content (AvgIpc) is 2.99. The van der Waals surface area contributed by atoms with Crippen molar-refractivity contribution in [2.45, 2.75) is 49.6 Å². The Labute approximate surface area is 282 Å². The Hall–Kier alpha value is -1.46. The summed E-state index contributed by atoms with van der Waals surface area (Å²) in [5.41, 5.74) is 8.10. The number of nitrogens with one attached hydrogen (secondary N) is 2. The summed E-state index contributed by atoms with van der Waals surface area (Å²) in [4.78, 5) is 0. The van der Waals surface area contributed by atoms with Crippen molar-refractivity contribution >= 4 is 71.2 Å². The quantitative estimate of drug-likeness (QED) is 0.224. The predicted octanol–water partition coefficient (Wildman–Crippen LogP) is 11.2. The van der Waals surface area contributed by atoms with Crippen LogP contribution in [-0.4, -0.2) is 14.1 Å². The zero-order valence-electron chi connectivity index (χ0n) is 23.5. The molecule has 0 saturated carbocycles. The molecular formula is C34H36Cl6N2. The monoisotopic (exact) mass is 682 g/mol. The van der Waals surface area contributed by atoms with Crippen molar-refractivity contribution in [3.8, 4) is 0 Å². The molecule has 2 N–H and O–H groups in total. The number of benzene rings is 4. The molecule has 0 saturated heterocycles. The Balaban J connectivity index is 0.000000220. The molecule has 4 aromatic rings. The number of hydrogen-bond acceptors (Lipinski definition) is 2. The third kappa shape index (κ3) is 7.60. The Morgan fingerprint density at radius 2 is 0.833 bits per heavy atom. The van der Waals surface area contributed by atoms with Crippen molar-refractivity contribution in [1.29, 1.82) is 0 Å². The SMILES string of the molecule is CN[C@@H]1CC[C@@H](c2ccc(Cl)c(Cl)c2)c2ccccc21.CN[C@H]1CC[C@H](c2ccc(Cl)c(Cl)c2)c2ccccc21.Cl.Cl. The predicted molar refractivity (Wildman–Crippen MR) is 186 cm³/mol. The molecule has 6 rings (SSSR count). The van der Waals surface area contributed by atoms with E-state index in [1.54, 1.807) is 0 Å². The van der Waals surface area contributed by atoms with E-state index in [0.29, 0.717) is 44.0 Å². The summed E-state index contributed by atoms with van der Waals surface area (Å²) in [6, 6.07) is 30.2. The number of rotatable bonds is 4. The zero-order valence-corrected chi connectivity index (χ0v) is 28.2. The lowest BCUT2D eigenvalue weighted by Crippen LogP contribution is -2.24. The lowest BCUT2D eigenvalue weighted by atomic mass is 9.77. The van der Waals surface area contributed by atoms with Crippen molar-refractivity contribution in [3.63, 3.8) is 0 Å². The van der Waals surface area contributed by atoms with E-state index >= 15 is 0 Å². The molecule has 0 bridgehead atoms. The van der Waals surface area contributed by atoms with Gasteiger partial charge in [-0.05, 0) is 97.4 Å². The van der Waals surface area contributed by atoms with E-state index in [-0.39, 0.29) is 24.8 Å². The molecule has 0 spiro atoms. The van der Waals surface area contributed by atoms with E-state index in [9.17, 15) is 0 Å². The van der Waals surface area contributed by atoms with E-state index < -0.39 is 0 Å². The van der Waals surface area contributed by atoms with Gasteiger partial charge in [0, 0.05) is 23.9 Å². The van der Waals surface area contributed by atoms with Crippen LogP contribution in [0.1, 0.15) is 83.0 Å². The van der Waals surface area contributed by atoms with Crippen LogP contribution in [0.25, 0.3) is 0 Å². The van der Waals surface area contributed by atoms with Crippen LogP contribution in [0.5, 0.6) is 0 Å². The molecule has 0 fully saturated rings. The van der Waals surface area contributed by atoms with Crippen molar-refractivity contribution in [2.24, 2.45) is 0 Å². The van der Waals surface area contributed by atoms with Crippen LogP contribution < -0.4 is 10.6 Å². The summed E-state index contributed by atoms with van der Waals surface area (Å²) < 4.78 is 0. The summed E-state index contributed by atoms with van der Waals surface area (Å²) in [7, 11) is 4.06. The van der Waals surface area contributed by atoms with Crippen molar-refractivity contribution in [1.82, 2.24) is 10.6 Å². The first kappa shape index (κ1) is 35.0. The second kappa shape index (κ2) is 16.0.